The number of aromatic nitrogens is 3. The number of nitrogens with zero attached hydrogens (tertiary/aromatic N) is 3. The lowest BCUT2D eigenvalue weighted by atomic mass is 9.87. The Bertz CT molecular complexity index is 1090. The molecule has 3 rings (SSSR count). The maximum atomic E-state index is 10.8. The highest BCUT2D eigenvalue weighted by Crippen LogP contribution is 2.25. The maximum Gasteiger partial charge on any atom is 0.341 e. The second kappa shape index (κ2) is 8.40. The van der Waals surface area contributed by atoms with Gasteiger partial charge in [-0.3, -0.25) is 0 Å². The van der Waals surface area contributed by atoms with Crippen LogP contribution in [0.3, 0.4) is 0 Å². The van der Waals surface area contributed by atoms with E-state index < -0.39 is 12.6 Å². The molecule has 0 unspecified atom stereocenters. The molecule has 29 heavy (non-hydrogen) atoms. The number of hydrogen-bond acceptors (Lipinski definition) is 5. The van der Waals surface area contributed by atoms with Crippen molar-refractivity contribution in [3.63, 3.8) is 0 Å². The Morgan fingerprint density at radius 1 is 1.24 bits per heavy atom. The van der Waals surface area contributed by atoms with E-state index in [1.165, 1.54) is 10.2 Å². The van der Waals surface area contributed by atoms with Crippen molar-refractivity contribution in [3.8, 4) is 17.1 Å². The highest BCUT2D eigenvalue weighted by atomic mass is 32.1. The lowest BCUT2D eigenvalue weighted by Gasteiger charge is -2.18. The molecule has 0 bridgehead atoms. The second-order valence-electron chi connectivity index (χ2n) is 7.46. The van der Waals surface area contributed by atoms with E-state index in [-0.39, 0.29) is 5.41 Å². The van der Waals surface area contributed by atoms with E-state index in [0.29, 0.717) is 21.9 Å². The molecule has 0 aliphatic rings. The zero-order valence-electron chi connectivity index (χ0n) is 16.4. The number of aromatic amines is 1. The number of ether oxygens (including phenoxy) is 1. The highest BCUT2D eigenvalue weighted by Gasteiger charge is 2.15. The molecular weight excluding hydrogens is 388 g/mol. The summed E-state index contributed by atoms with van der Waals surface area (Å²) in [6.45, 7) is 6.05. The number of H-pyrrole nitrogens is 1. The van der Waals surface area contributed by atoms with Gasteiger partial charge in [0.25, 0.3) is 0 Å². The predicted octanol–water partition coefficient (Wildman–Crippen LogP) is 4.25. The molecule has 0 aliphatic carbocycles. The van der Waals surface area contributed by atoms with Crippen LogP contribution in [-0.2, 0) is 10.2 Å². The third kappa shape index (κ3) is 4.97. The molecule has 0 saturated heterocycles. The van der Waals surface area contributed by atoms with E-state index in [2.05, 4.69) is 48.2 Å². The number of aliphatic carboxylic acids is 1. The topological polar surface area (TPSA) is 92.5 Å². The molecule has 0 aliphatic heterocycles. The first-order valence-corrected chi connectivity index (χ1v) is 9.43. The smallest absolute Gasteiger partial charge is 0.341 e. The minimum atomic E-state index is -1.05. The lowest BCUT2D eigenvalue weighted by Crippen LogP contribution is -2.10. The van der Waals surface area contributed by atoms with Crippen molar-refractivity contribution in [2.45, 2.75) is 26.2 Å². The lowest BCUT2D eigenvalue weighted by molar-refractivity contribution is -0.139. The fraction of sp³-hybridized carbons (Fsp3) is 0.238. The Morgan fingerprint density at radius 2 is 1.93 bits per heavy atom. The Kier molecular flexibility index (Phi) is 5.93. The van der Waals surface area contributed by atoms with Gasteiger partial charge in [-0.2, -0.15) is 14.9 Å². The van der Waals surface area contributed by atoms with E-state index in [9.17, 15) is 4.79 Å². The fourth-order valence-corrected chi connectivity index (χ4v) is 2.86. The number of nitrogens with one attached hydrogen (secondary N) is 1. The first-order valence-electron chi connectivity index (χ1n) is 9.02. The number of hydrogen-bond donors (Lipinski definition) is 2. The van der Waals surface area contributed by atoms with Crippen LogP contribution in [-0.4, -0.2) is 38.8 Å². The summed E-state index contributed by atoms with van der Waals surface area (Å²) in [6.07, 6.45) is 1.57. The summed E-state index contributed by atoms with van der Waals surface area (Å²) in [6, 6.07) is 15.2. The molecule has 0 radical (unpaired) electrons. The fourth-order valence-electron chi connectivity index (χ4n) is 2.68. The van der Waals surface area contributed by atoms with Gasteiger partial charge in [0.15, 0.2) is 12.4 Å². The van der Waals surface area contributed by atoms with Gasteiger partial charge in [-0.1, -0.05) is 57.2 Å². The second-order valence-corrected chi connectivity index (χ2v) is 7.84. The molecule has 1 heterocycles. The molecule has 0 fully saturated rings. The van der Waals surface area contributed by atoms with Crippen molar-refractivity contribution in [3.05, 3.63) is 64.4 Å². The van der Waals surface area contributed by atoms with Crippen LogP contribution in [0.4, 0.5) is 0 Å². The summed E-state index contributed by atoms with van der Waals surface area (Å²) >= 11 is 5.31. The van der Waals surface area contributed by atoms with Crippen molar-refractivity contribution in [1.29, 1.82) is 0 Å². The Balaban J connectivity index is 1.92. The van der Waals surface area contributed by atoms with Gasteiger partial charge in [0, 0.05) is 11.1 Å². The quantitative estimate of drug-likeness (QED) is 0.468. The zero-order valence-corrected chi connectivity index (χ0v) is 17.2. The number of carboxylic acid groups (broad SMARTS) is 1. The normalized spacial score (nSPS) is 11.7. The van der Waals surface area contributed by atoms with Gasteiger partial charge in [-0.25, -0.2) is 9.89 Å². The third-order valence-corrected chi connectivity index (χ3v) is 4.51. The number of rotatable bonds is 6. The molecule has 8 heteroatoms. The van der Waals surface area contributed by atoms with Crippen LogP contribution in [0, 0.1) is 4.77 Å². The van der Waals surface area contributed by atoms with Crippen LogP contribution in [0.15, 0.2) is 53.6 Å². The highest BCUT2D eigenvalue weighted by molar-refractivity contribution is 7.71. The summed E-state index contributed by atoms with van der Waals surface area (Å²) in [5.41, 5.74) is 2.78. The number of carbonyl (C=O) groups is 1. The van der Waals surface area contributed by atoms with E-state index in [0.717, 1.165) is 5.56 Å². The molecule has 150 valence electrons. The van der Waals surface area contributed by atoms with Crippen molar-refractivity contribution in [2.75, 3.05) is 6.61 Å². The van der Waals surface area contributed by atoms with E-state index in [4.69, 9.17) is 22.1 Å². The minimum Gasteiger partial charge on any atom is -0.481 e. The van der Waals surface area contributed by atoms with Gasteiger partial charge in [-0.05, 0) is 35.3 Å². The van der Waals surface area contributed by atoms with Crippen LogP contribution >= 0.6 is 12.2 Å². The zero-order chi connectivity index (χ0) is 21.0. The molecule has 0 saturated carbocycles. The van der Waals surface area contributed by atoms with Gasteiger partial charge in [-0.15, -0.1) is 0 Å². The monoisotopic (exact) mass is 410 g/mol. The van der Waals surface area contributed by atoms with Crippen LogP contribution in [0.1, 0.15) is 31.9 Å². The molecule has 0 atom stereocenters. The standard InChI is InChI=1S/C21H22N4O3S/c1-21(2,3)16-10-8-14(9-11-16)19-23-24-20(29)25(19)22-12-15-6-4-5-7-17(15)28-13-18(26)27/h4-12H,13H2,1-3H3,(H,24,29)(H,26,27). The molecular formula is C21H22N4O3S. The van der Waals surface area contributed by atoms with Crippen molar-refractivity contribution < 1.29 is 14.6 Å². The SMILES string of the molecule is CC(C)(C)c1ccc(-c2n[nH]c(=S)n2N=Cc2ccccc2OCC(=O)O)cc1. The van der Waals surface area contributed by atoms with Crippen LogP contribution < -0.4 is 4.74 Å². The number of benzene rings is 2. The summed E-state index contributed by atoms with van der Waals surface area (Å²) in [5, 5.41) is 20.3. The summed E-state index contributed by atoms with van der Waals surface area (Å²) in [5.74, 6) is -0.0461. The summed E-state index contributed by atoms with van der Waals surface area (Å²) in [7, 11) is 0. The van der Waals surface area contributed by atoms with Gasteiger partial charge >= 0.3 is 5.97 Å². The Hall–Kier alpha value is -3.26. The van der Waals surface area contributed by atoms with Gasteiger partial charge in [0.2, 0.25) is 4.77 Å². The average molecular weight is 410 g/mol. The largest absolute Gasteiger partial charge is 0.481 e. The van der Waals surface area contributed by atoms with Crippen LogP contribution in [0.2, 0.25) is 0 Å². The average Bonchev–Trinajstić information content (AvgIpc) is 3.05. The summed E-state index contributed by atoms with van der Waals surface area (Å²) < 4.78 is 7.18. The van der Waals surface area contributed by atoms with Crippen molar-refractivity contribution >= 4 is 24.4 Å². The molecule has 0 amide bonds. The Labute approximate surface area is 173 Å². The number of para-hydroxylation sites is 1. The van der Waals surface area contributed by atoms with Crippen molar-refractivity contribution in [2.24, 2.45) is 5.10 Å². The van der Waals surface area contributed by atoms with Gasteiger partial charge in [0.1, 0.15) is 5.75 Å². The van der Waals surface area contributed by atoms with Gasteiger partial charge < -0.3 is 9.84 Å². The summed E-state index contributed by atoms with van der Waals surface area (Å²) in [4.78, 5) is 10.8. The molecule has 2 aromatic carbocycles. The number of carboxylic acids is 1. The van der Waals surface area contributed by atoms with Crippen LogP contribution in [0.25, 0.3) is 11.4 Å². The van der Waals surface area contributed by atoms with Crippen LogP contribution in [0.5, 0.6) is 5.75 Å². The first-order chi connectivity index (χ1) is 13.8. The molecule has 1 aromatic heterocycles. The van der Waals surface area contributed by atoms with E-state index in [1.807, 2.05) is 18.2 Å². The minimum absolute atomic E-state index is 0.0566. The first kappa shape index (κ1) is 20.5. The third-order valence-electron chi connectivity index (χ3n) is 4.24. The Morgan fingerprint density at radius 3 is 2.59 bits per heavy atom. The van der Waals surface area contributed by atoms with Crippen molar-refractivity contribution in [1.82, 2.24) is 14.9 Å². The molecule has 0 spiro atoms. The molecule has 2 N–H and O–H groups in total. The van der Waals surface area contributed by atoms with E-state index >= 15 is 0 Å². The van der Waals surface area contributed by atoms with Gasteiger partial charge in [0.05, 0.1) is 6.21 Å². The maximum absolute atomic E-state index is 10.8. The molecule has 3 aromatic rings. The molecule has 7 nitrogen and oxygen atoms in total. The van der Waals surface area contributed by atoms with E-state index in [1.54, 1.807) is 24.4 Å². The predicted molar refractivity (Wildman–Crippen MR) is 114 cm³/mol.